The van der Waals surface area contributed by atoms with Crippen LogP contribution in [0.25, 0.3) is 0 Å². The molecule has 0 unspecified atom stereocenters. The Hall–Kier alpha value is -0.800. The smallest absolute Gasteiger partial charge is 0.237 e. The Labute approximate surface area is 110 Å². The molecule has 1 amide bonds. The highest BCUT2D eigenvalue weighted by Gasteiger charge is 2.16. The molecule has 1 rings (SSSR count). The Kier molecular flexibility index (Phi) is 5.72. The van der Waals surface area contributed by atoms with Crippen LogP contribution in [0.15, 0.2) is 18.2 Å². The predicted octanol–water partition coefficient (Wildman–Crippen LogP) is 3.46. The van der Waals surface area contributed by atoms with Crippen LogP contribution < -0.4 is 0 Å². The highest BCUT2D eigenvalue weighted by atomic mass is 35.5. The van der Waals surface area contributed by atoms with Gasteiger partial charge < -0.3 is 4.90 Å². The van der Waals surface area contributed by atoms with Gasteiger partial charge in [0.05, 0.1) is 6.54 Å². The molecule has 0 atom stereocenters. The molecule has 17 heavy (non-hydrogen) atoms. The molecule has 94 valence electrons. The quantitative estimate of drug-likeness (QED) is 0.755. The zero-order valence-electron chi connectivity index (χ0n) is 9.55. The number of amides is 1. The summed E-state index contributed by atoms with van der Waals surface area (Å²) in [6, 6.07) is 4.47. The van der Waals surface area contributed by atoms with Gasteiger partial charge in [-0.25, -0.2) is 4.39 Å². The third kappa shape index (κ3) is 3.86. The predicted molar refractivity (Wildman–Crippen MR) is 67.8 cm³/mol. The van der Waals surface area contributed by atoms with Gasteiger partial charge in [-0.05, 0) is 18.6 Å². The number of carbonyl (C=O) groups is 1. The summed E-state index contributed by atoms with van der Waals surface area (Å²) in [6.07, 6.45) is 0.786. The third-order valence-corrected chi connectivity index (χ3v) is 2.95. The van der Waals surface area contributed by atoms with Gasteiger partial charge in [0.1, 0.15) is 11.7 Å². The average molecular weight is 278 g/mol. The molecule has 0 radical (unpaired) electrons. The fourth-order valence-corrected chi connectivity index (χ4v) is 1.91. The van der Waals surface area contributed by atoms with Crippen molar-refractivity contribution in [3.63, 3.8) is 0 Å². The van der Waals surface area contributed by atoms with E-state index in [0.29, 0.717) is 17.1 Å². The van der Waals surface area contributed by atoms with E-state index < -0.39 is 5.82 Å². The Balaban J connectivity index is 2.89. The molecule has 2 nitrogen and oxygen atoms in total. The maximum Gasteiger partial charge on any atom is 0.237 e. The van der Waals surface area contributed by atoms with Crippen LogP contribution in [0, 0.1) is 5.82 Å². The van der Waals surface area contributed by atoms with Crippen LogP contribution in [0.4, 0.5) is 4.39 Å². The molecule has 0 aliphatic heterocycles. The van der Waals surface area contributed by atoms with Gasteiger partial charge in [-0.2, -0.15) is 0 Å². The van der Waals surface area contributed by atoms with Crippen LogP contribution in [0.1, 0.15) is 18.9 Å². The normalized spacial score (nSPS) is 10.4. The van der Waals surface area contributed by atoms with E-state index in [-0.39, 0.29) is 18.3 Å². The molecule has 5 heteroatoms. The zero-order valence-corrected chi connectivity index (χ0v) is 11.1. The second-order valence-corrected chi connectivity index (χ2v) is 4.32. The lowest BCUT2D eigenvalue weighted by Gasteiger charge is -2.22. The largest absolute Gasteiger partial charge is 0.337 e. The maximum absolute atomic E-state index is 13.6. The molecule has 0 saturated carbocycles. The highest BCUT2D eigenvalue weighted by molar-refractivity contribution is 6.31. The van der Waals surface area contributed by atoms with Gasteiger partial charge in [-0.1, -0.05) is 24.6 Å². The van der Waals surface area contributed by atoms with Crippen LogP contribution in [-0.4, -0.2) is 23.2 Å². The summed E-state index contributed by atoms with van der Waals surface area (Å²) in [5.41, 5.74) is 0.334. The first kappa shape index (κ1) is 14.3. The van der Waals surface area contributed by atoms with Crippen molar-refractivity contribution in [3.05, 3.63) is 34.6 Å². The van der Waals surface area contributed by atoms with Crippen molar-refractivity contribution in [3.8, 4) is 0 Å². The van der Waals surface area contributed by atoms with Crippen molar-refractivity contribution in [1.29, 1.82) is 0 Å². The number of benzene rings is 1. The van der Waals surface area contributed by atoms with Gasteiger partial charge in [-0.3, -0.25) is 4.79 Å². The standard InChI is InChI=1S/C12H14Cl2FNO/c1-2-6-16(12(17)7-13)8-9-10(14)4-3-5-11(9)15/h3-5H,2,6-8H2,1H3. The van der Waals surface area contributed by atoms with Gasteiger partial charge in [0.15, 0.2) is 0 Å². The van der Waals surface area contributed by atoms with Crippen molar-refractivity contribution in [2.24, 2.45) is 0 Å². The van der Waals surface area contributed by atoms with Gasteiger partial charge in [0.2, 0.25) is 5.91 Å². The molecule has 0 aliphatic carbocycles. The van der Waals surface area contributed by atoms with E-state index in [9.17, 15) is 9.18 Å². The van der Waals surface area contributed by atoms with E-state index in [4.69, 9.17) is 23.2 Å². The average Bonchev–Trinajstić information content (AvgIpc) is 2.31. The molecule has 1 aromatic carbocycles. The Morgan fingerprint density at radius 3 is 2.71 bits per heavy atom. The molecule has 0 N–H and O–H groups in total. The molecular weight excluding hydrogens is 264 g/mol. The first-order valence-corrected chi connectivity index (χ1v) is 6.28. The summed E-state index contributed by atoms with van der Waals surface area (Å²) in [4.78, 5) is 13.1. The summed E-state index contributed by atoms with van der Waals surface area (Å²) in [7, 11) is 0. The fraction of sp³-hybridized carbons (Fsp3) is 0.417. The van der Waals surface area contributed by atoms with Gasteiger partial charge >= 0.3 is 0 Å². The first-order valence-electron chi connectivity index (χ1n) is 5.36. The molecule has 0 saturated heterocycles. The molecule has 0 fully saturated rings. The first-order chi connectivity index (χ1) is 8.10. The number of hydrogen-bond donors (Lipinski definition) is 0. The summed E-state index contributed by atoms with van der Waals surface area (Å²) in [6.45, 7) is 2.64. The van der Waals surface area contributed by atoms with Crippen LogP contribution in [0.5, 0.6) is 0 Å². The summed E-state index contributed by atoms with van der Waals surface area (Å²) >= 11 is 11.4. The van der Waals surface area contributed by atoms with Crippen LogP contribution >= 0.6 is 23.2 Å². The molecular formula is C12H14Cl2FNO. The van der Waals surface area contributed by atoms with Crippen LogP contribution in [0.2, 0.25) is 5.02 Å². The second kappa shape index (κ2) is 6.82. The fourth-order valence-electron chi connectivity index (χ4n) is 1.52. The van der Waals surface area contributed by atoms with Crippen molar-refractivity contribution >= 4 is 29.1 Å². The third-order valence-electron chi connectivity index (χ3n) is 2.37. The van der Waals surface area contributed by atoms with E-state index in [2.05, 4.69) is 0 Å². The molecule has 1 aromatic rings. The Morgan fingerprint density at radius 2 is 2.18 bits per heavy atom. The molecule has 0 bridgehead atoms. The van der Waals surface area contributed by atoms with Gasteiger partial charge in [0.25, 0.3) is 0 Å². The minimum Gasteiger partial charge on any atom is -0.337 e. The number of alkyl halides is 1. The lowest BCUT2D eigenvalue weighted by molar-refractivity contribution is -0.129. The monoisotopic (exact) mass is 277 g/mol. The highest BCUT2D eigenvalue weighted by Crippen LogP contribution is 2.21. The van der Waals surface area contributed by atoms with E-state index >= 15 is 0 Å². The van der Waals surface area contributed by atoms with Crippen molar-refractivity contribution in [1.82, 2.24) is 4.90 Å². The van der Waals surface area contributed by atoms with Crippen molar-refractivity contribution in [2.45, 2.75) is 19.9 Å². The number of halogens is 3. The Morgan fingerprint density at radius 1 is 1.47 bits per heavy atom. The second-order valence-electron chi connectivity index (χ2n) is 3.65. The minimum atomic E-state index is -0.402. The molecule has 0 aromatic heterocycles. The van der Waals surface area contributed by atoms with Crippen LogP contribution in [0.3, 0.4) is 0 Å². The number of hydrogen-bond acceptors (Lipinski definition) is 1. The molecule has 0 spiro atoms. The topological polar surface area (TPSA) is 20.3 Å². The number of nitrogens with zero attached hydrogens (tertiary/aromatic N) is 1. The number of rotatable bonds is 5. The van der Waals surface area contributed by atoms with E-state index in [1.54, 1.807) is 6.07 Å². The van der Waals surface area contributed by atoms with Gasteiger partial charge in [-0.15, -0.1) is 11.6 Å². The Bertz CT molecular complexity index is 378. The number of carbonyl (C=O) groups excluding carboxylic acids is 1. The van der Waals surface area contributed by atoms with E-state index in [0.717, 1.165) is 6.42 Å². The van der Waals surface area contributed by atoms with E-state index in [1.807, 2.05) is 6.92 Å². The SMILES string of the molecule is CCCN(Cc1c(F)cccc1Cl)C(=O)CCl. The van der Waals surface area contributed by atoms with E-state index in [1.165, 1.54) is 17.0 Å². The van der Waals surface area contributed by atoms with Crippen LogP contribution in [-0.2, 0) is 11.3 Å². The zero-order chi connectivity index (χ0) is 12.8. The van der Waals surface area contributed by atoms with Crippen molar-refractivity contribution in [2.75, 3.05) is 12.4 Å². The molecule has 0 aliphatic rings. The summed E-state index contributed by atoms with van der Waals surface area (Å²) in [5, 5.41) is 0.327. The van der Waals surface area contributed by atoms with Gasteiger partial charge in [0, 0.05) is 17.1 Å². The summed E-state index contributed by atoms with van der Waals surface area (Å²) < 4.78 is 13.6. The summed E-state index contributed by atoms with van der Waals surface area (Å²) in [5.74, 6) is -0.722. The lowest BCUT2D eigenvalue weighted by Crippen LogP contribution is -2.32. The minimum absolute atomic E-state index is 0.105. The maximum atomic E-state index is 13.6. The molecule has 0 heterocycles. The lowest BCUT2D eigenvalue weighted by atomic mass is 10.2. The van der Waals surface area contributed by atoms with Crippen molar-refractivity contribution < 1.29 is 9.18 Å².